The predicted molar refractivity (Wildman–Crippen MR) is 247 cm³/mol. The fourth-order valence-corrected chi connectivity index (χ4v) is 9.93. The molecule has 68 heavy (non-hydrogen) atoms. The molecule has 7 rings (SSSR count). The molecule has 3 aliphatic rings. The van der Waals surface area contributed by atoms with Gasteiger partial charge in [0.1, 0.15) is 45.6 Å². The number of ether oxygens (including phenoxy) is 3. The van der Waals surface area contributed by atoms with Crippen molar-refractivity contribution >= 4 is 56.4 Å². The summed E-state index contributed by atoms with van der Waals surface area (Å²) in [5.41, 5.74) is 0.639. The molecule has 3 N–H and O–H groups in total. The number of carbonyl (C=O) groups excluding carboxylic acids is 4. The number of alkyl halides is 3. The predicted octanol–water partition coefficient (Wildman–Crippen LogP) is 6.79. The highest BCUT2D eigenvalue weighted by Gasteiger charge is 2.62. The van der Waals surface area contributed by atoms with E-state index >= 15 is 0 Å². The first-order valence-corrected chi connectivity index (χ1v) is 24.8. The number of para-hydroxylation sites is 1. The maximum absolute atomic E-state index is 14.7. The molecule has 0 radical (unpaired) electrons. The zero-order chi connectivity index (χ0) is 49.3. The summed E-state index contributed by atoms with van der Waals surface area (Å²) in [6, 6.07) is 9.00. The highest BCUT2D eigenvalue weighted by molar-refractivity contribution is 7.87. The highest BCUT2D eigenvalue weighted by atomic mass is 32.2. The van der Waals surface area contributed by atoms with E-state index in [1.54, 1.807) is 26.8 Å². The minimum atomic E-state index is -4.83. The number of amides is 4. The molecule has 1 saturated carbocycles. The van der Waals surface area contributed by atoms with Crippen molar-refractivity contribution in [2.75, 3.05) is 20.6 Å². The van der Waals surface area contributed by atoms with E-state index in [2.05, 4.69) is 20.1 Å². The summed E-state index contributed by atoms with van der Waals surface area (Å²) in [5.74, 6) is -3.03. The van der Waals surface area contributed by atoms with Crippen molar-refractivity contribution in [3.63, 3.8) is 0 Å². The number of hydrogen-bond acceptors (Lipinski definition) is 12. The van der Waals surface area contributed by atoms with Gasteiger partial charge < -0.3 is 29.7 Å². The van der Waals surface area contributed by atoms with E-state index in [-0.39, 0.29) is 50.0 Å². The lowest BCUT2D eigenvalue weighted by Crippen LogP contribution is -2.58. The molecule has 17 nitrogen and oxygen atoms in total. The van der Waals surface area contributed by atoms with Gasteiger partial charge in [-0.3, -0.25) is 19.0 Å². The molecule has 2 aromatic carbocycles. The summed E-state index contributed by atoms with van der Waals surface area (Å²) < 4.78 is 85.5. The van der Waals surface area contributed by atoms with Crippen LogP contribution in [0.4, 0.5) is 18.0 Å². The smallest absolute Gasteiger partial charge is 0.459 e. The number of alkyl carbamates (subject to hydrolysis) is 1. The molecule has 1 saturated heterocycles. The minimum absolute atomic E-state index is 0.0514. The number of nitrogens with one attached hydrogen (secondary N) is 3. The number of halogens is 3. The topological polar surface area (TPSA) is 203 Å². The summed E-state index contributed by atoms with van der Waals surface area (Å²) in [7, 11) is -1.69. The molecule has 4 heterocycles. The van der Waals surface area contributed by atoms with E-state index in [0.29, 0.717) is 52.1 Å². The van der Waals surface area contributed by atoms with E-state index in [4.69, 9.17) is 19.4 Å². The minimum Gasteiger partial charge on any atom is -0.459 e. The van der Waals surface area contributed by atoms with Gasteiger partial charge >= 0.3 is 22.7 Å². The molecule has 368 valence electrons. The Morgan fingerprint density at radius 1 is 1.06 bits per heavy atom. The first-order chi connectivity index (χ1) is 31.9. The highest BCUT2D eigenvalue weighted by Crippen LogP contribution is 2.46. The van der Waals surface area contributed by atoms with Gasteiger partial charge in [0.2, 0.25) is 11.8 Å². The Balaban J connectivity index is 1.20. The van der Waals surface area contributed by atoms with Gasteiger partial charge in [-0.1, -0.05) is 43.2 Å². The van der Waals surface area contributed by atoms with Gasteiger partial charge in [-0.2, -0.15) is 17.7 Å². The third-order valence-corrected chi connectivity index (χ3v) is 14.1. The van der Waals surface area contributed by atoms with Crippen LogP contribution in [0.25, 0.3) is 21.6 Å². The summed E-state index contributed by atoms with van der Waals surface area (Å²) in [5, 5.41) is 8.01. The molecule has 4 amide bonds. The zero-order valence-corrected chi connectivity index (χ0v) is 40.5. The maximum atomic E-state index is 14.7. The molecule has 0 unspecified atom stereocenters. The molecule has 2 fully saturated rings. The number of hydrogen-bond donors (Lipinski definition) is 3. The van der Waals surface area contributed by atoms with Gasteiger partial charge in [0.05, 0.1) is 17.8 Å². The van der Waals surface area contributed by atoms with Crippen molar-refractivity contribution in [2.45, 2.75) is 128 Å². The number of fused-ring (bicyclic) bond motifs is 3. The Hall–Kier alpha value is -5.74. The lowest BCUT2D eigenvalue weighted by molar-refractivity contribution is -0.274. The fourth-order valence-electron chi connectivity index (χ4n) is 8.49. The Bertz CT molecular complexity index is 2680. The quantitative estimate of drug-likeness (QED) is 0.134. The standard InChI is InChI=1S/C46H57F3N8O9S2/c1-27(2)57-35-20-14-18-33(39-50-30(26-67-39)21-28-15-13-17-31(22-28)65-46(47,48)49)37(35)52-42(57)64-32-23-36-38(58)53-45(41(60)54-68(62,63)55(6)7)24-29(45)16-11-9-8-10-12-19-34(40(59)56(36)25-32)51-43(61)66-44(3,4)5/h11,13-18,20,22,26-27,29,32,34,36H,8-10,12,19,21,23-25H2,1-7H3,(H,51,61)(H,53,58)(H,54,60)/b16-11-/t29-,32-,34+,36+,45-/m1/s1. The Kier molecular flexibility index (Phi) is 14.5. The van der Waals surface area contributed by atoms with Crippen LogP contribution in [-0.4, -0.2) is 112 Å². The summed E-state index contributed by atoms with van der Waals surface area (Å²) in [6.45, 7) is 8.89. The van der Waals surface area contributed by atoms with E-state index in [0.717, 1.165) is 10.7 Å². The monoisotopic (exact) mass is 986 g/mol. The number of carbonyl (C=O) groups is 4. The van der Waals surface area contributed by atoms with Crippen LogP contribution in [0.2, 0.25) is 0 Å². The van der Waals surface area contributed by atoms with E-state index < -0.39 is 75.6 Å². The van der Waals surface area contributed by atoms with Gasteiger partial charge in [-0.15, -0.1) is 24.5 Å². The maximum Gasteiger partial charge on any atom is 0.573 e. The first kappa shape index (κ1) is 50.1. The zero-order valence-electron chi connectivity index (χ0n) is 38.9. The van der Waals surface area contributed by atoms with Crippen molar-refractivity contribution in [1.29, 1.82) is 0 Å². The molecule has 22 heteroatoms. The summed E-state index contributed by atoms with van der Waals surface area (Å²) in [4.78, 5) is 67.5. The van der Waals surface area contributed by atoms with Gasteiger partial charge in [0, 0.05) is 49.8 Å². The lowest BCUT2D eigenvalue weighted by atomic mass is 10.0. The van der Waals surface area contributed by atoms with E-state index in [9.17, 15) is 40.8 Å². The SMILES string of the molecule is CC(C)n1c(O[C@@H]2C[C@H]3C(=O)N[C@]4(C(=O)NS(=O)(=O)N(C)C)C[C@H]4/C=C\CCCCC[C@H](NC(=O)OC(C)(C)C)C(=O)N3C2)nc2c(-c3nc(Cc4cccc(OC(F)(F)F)c4)cs3)cccc21. The third-order valence-electron chi connectivity index (χ3n) is 11.8. The average molecular weight is 987 g/mol. The number of rotatable bonds is 11. The molecule has 2 aliphatic heterocycles. The van der Waals surface area contributed by atoms with E-state index in [1.165, 1.54) is 48.5 Å². The molecular weight excluding hydrogens is 930 g/mol. The molecule has 0 spiro atoms. The molecule has 5 atom stereocenters. The van der Waals surface area contributed by atoms with Crippen molar-refractivity contribution in [3.8, 4) is 22.3 Å². The Morgan fingerprint density at radius 3 is 2.51 bits per heavy atom. The first-order valence-electron chi connectivity index (χ1n) is 22.4. The van der Waals surface area contributed by atoms with Gasteiger partial charge in [-0.05, 0) is 90.1 Å². The van der Waals surface area contributed by atoms with Crippen molar-refractivity contribution in [1.82, 2.24) is 39.1 Å². The Morgan fingerprint density at radius 2 is 1.81 bits per heavy atom. The summed E-state index contributed by atoms with van der Waals surface area (Å²) in [6.07, 6.45) is 0.466. The van der Waals surface area contributed by atoms with Crippen LogP contribution >= 0.6 is 11.3 Å². The third kappa shape index (κ3) is 11.7. The van der Waals surface area contributed by atoms with Crippen molar-refractivity contribution in [3.05, 3.63) is 71.3 Å². The summed E-state index contributed by atoms with van der Waals surface area (Å²) >= 11 is 1.34. The van der Waals surface area contributed by atoms with Crippen LogP contribution < -0.4 is 24.8 Å². The van der Waals surface area contributed by atoms with Crippen LogP contribution in [0.3, 0.4) is 0 Å². The number of allylic oxidation sites excluding steroid dienone is 1. The number of benzene rings is 2. The molecule has 0 bridgehead atoms. The molecular formula is C46H57F3N8O9S2. The largest absolute Gasteiger partial charge is 0.573 e. The normalized spacial score (nSPS) is 23.3. The second-order valence-electron chi connectivity index (χ2n) is 18.8. The lowest BCUT2D eigenvalue weighted by Gasteiger charge is -2.30. The number of thiazole rings is 1. The van der Waals surface area contributed by atoms with Crippen LogP contribution in [0, 0.1) is 5.92 Å². The van der Waals surface area contributed by atoms with Crippen molar-refractivity contribution in [2.24, 2.45) is 5.92 Å². The second-order valence-corrected chi connectivity index (χ2v) is 21.5. The van der Waals surface area contributed by atoms with Crippen molar-refractivity contribution < 1.29 is 55.0 Å². The van der Waals surface area contributed by atoms with E-state index in [1.807, 2.05) is 54.1 Å². The Labute approximate surface area is 397 Å². The van der Waals surface area contributed by atoms with Crippen LogP contribution in [0.15, 0.2) is 60.0 Å². The number of imidazole rings is 1. The molecule has 1 aliphatic carbocycles. The molecule has 4 aromatic rings. The van der Waals surface area contributed by atoms with Crippen LogP contribution in [-0.2, 0) is 35.8 Å². The van der Waals surface area contributed by atoms with Crippen LogP contribution in [0.1, 0.15) is 96.9 Å². The van der Waals surface area contributed by atoms with Crippen LogP contribution in [0.5, 0.6) is 11.8 Å². The van der Waals surface area contributed by atoms with Gasteiger partial charge in [0.25, 0.3) is 11.9 Å². The average Bonchev–Trinajstić information content (AvgIpc) is 3.55. The second kappa shape index (κ2) is 19.7. The van der Waals surface area contributed by atoms with Gasteiger partial charge in [-0.25, -0.2) is 14.5 Å². The van der Waals surface area contributed by atoms with Gasteiger partial charge in [0.15, 0.2) is 0 Å². The molecule has 2 aromatic heterocycles. The number of nitrogens with zero attached hydrogens (tertiary/aromatic N) is 5. The number of aromatic nitrogens is 3. The fraction of sp³-hybridized carbons (Fsp3) is 0.522.